The molecule has 0 unspecified atom stereocenters. The van der Waals surface area contributed by atoms with Crippen molar-refractivity contribution in [1.82, 2.24) is 4.57 Å². The van der Waals surface area contributed by atoms with E-state index in [4.69, 9.17) is 14.2 Å². The summed E-state index contributed by atoms with van der Waals surface area (Å²) in [6.45, 7) is 7.35. The first kappa shape index (κ1) is 21.8. The Morgan fingerprint density at radius 2 is 1.82 bits per heavy atom. The molecule has 0 radical (unpaired) electrons. The third-order valence-electron chi connectivity index (χ3n) is 6.30. The average Bonchev–Trinajstić information content (AvgIpc) is 3.37. The molecule has 1 aromatic heterocycles. The molecule has 0 saturated carbocycles. The predicted octanol–water partition coefficient (Wildman–Crippen LogP) is 6.48. The van der Waals surface area contributed by atoms with Crippen LogP contribution in [0.4, 0.5) is 0 Å². The standard InChI is InChI=1S/C29H27NO4/c1-5-30-16-21(24-15-22(32-4)10-12-25(24)30)14-27-28(31)23-11-13-26(19(3)29(23)34-27)33-17-20-8-6-18(2)7-9-20/h6-16H,5,17H2,1-4H3. The highest BCUT2D eigenvalue weighted by atomic mass is 16.5. The van der Waals surface area contributed by atoms with Crippen LogP contribution < -0.4 is 14.2 Å². The number of aryl methyl sites for hydroxylation is 2. The summed E-state index contributed by atoms with van der Waals surface area (Å²) in [6.07, 6.45) is 3.86. The van der Waals surface area contributed by atoms with E-state index in [1.807, 2.05) is 43.5 Å². The third-order valence-corrected chi connectivity index (χ3v) is 6.30. The minimum Gasteiger partial charge on any atom is -0.497 e. The van der Waals surface area contributed by atoms with Gasteiger partial charge in [0, 0.05) is 34.8 Å². The lowest BCUT2D eigenvalue weighted by Gasteiger charge is -2.11. The number of carbonyl (C=O) groups excluding carboxylic acids is 1. The Balaban J connectivity index is 1.45. The average molecular weight is 454 g/mol. The lowest BCUT2D eigenvalue weighted by Crippen LogP contribution is -1.98. The Hall–Kier alpha value is -3.99. The van der Waals surface area contributed by atoms with Crippen LogP contribution in [0.5, 0.6) is 17.2 Å². The Morgan fingerprint density at radius 3 is 2.56 bits per heavy atom. The van der Waals surface area contributed by atoms with Gasteiger partial charge < -0.3 is 18.8 Å². The van der Waals surface area contributed by atoms with E-state index < -0.39 is 0 Å². The maximum absolute atomic E-state index is 13.1. The van der Waals surface area contributed by atoms with Gasteiger partial charge in [-0.2, -0.15) is 0 Å². The maximum atomic E-state index is 13.1. The first-order chi connectivity index (χ1) is 16.5. The molecule has 4 aromatic rings. The Kier molecular flexibility index (Phi) is 5.62. The molecule has 0 N–H and O–H groups in total. The molecule has 0 saturated heterocycles. The number of aromatic nitrogens is 1. The van der Waals surface area contributed by atoms with Gasteiger partial charge >= 0.3 is 0 Å². The number of ether oxygens (including phenoxy) is 3. The van der Waals surface area contributed by atoms with Crippen molar-refractivity contribution < 1.29 is 19.0 Å². The molecule has 0 fully saturated rings. The molecule has 1 aliphatic rings. The van der Waals surface area contributed by atoms with Gasteiger partial charge in [0.2, 0.25) is 5.78 Å². The number of ketones is 1. The van der Waals surface area contributed by atoms with Crippen LogP contribution in [-0.4, -0.2) is 17.5 Å². The van der Waals surface area contributed by atoms with Crippen LogP contribution in [0.3, 0.4) is 0 Å². The van der Waals surface area contributed by atoms with Crippen molar-refractivity contribution in [2.45, 2.75) is 33.9 Å². The van der Waals surface area contributed by atoms with Crippen molar-refractivity contribution in [2.75, 3.05) is 7.11 Å². The highest BCUT2D eigenvalue weighted by molar-refractivity contribution is 6.15. The Morgan fingerprint density at radius 1 is 1.03 bits per heavy atom. The zero-order valence-corrected chi connectivity index (χ0v) is 19.8. The van der Waals surface area contributed by atoms with Crippen molar-refractivity contribution in [1.29, 1.82) is 0 Å². The minimum absolute atomic E-state index is 0.122. The van der Waals surface area contributed by atoms with Crippen molar-refractivity contribution in [3.05, 3.63) is 94.4 Å². The summed E-state index contributed by atoms with van der Waals surface area (Å²) in [4.78, 5) is 13.1. The number of carbonyl (C=O) groups is 1. The molecule has 2 heterocycles. The molecule has 0 spiro atoms. The number of benzene rings is 3. The first-order valence-electron chi connectivity index (χ1n) is 11.4. The smallest absolute Gasteiger partial charge is 0.231 e. The van der Waals surface area contributed by atoms with Gasteiger partial charge in [0.05, 0.1) is 12.7 Å². The van der Waals surface area contributed by atoms with Gasteiger partial charge in [-0.3, -0.25) is 4.79 Å². The quantitative estimate of drug-likeness (QED) is 0.314. The van der Waals surface area contributed by atoms with Crippen molar-refractivity contribution in [3.8, 4) is 17.2 Å². The number of hydrogen-bond acceptors (Lipinski definition) is 4. The van der Waals surface area contributed by atoms with Gasteiger partial charge in [0.25, 0.3) is 0 Å². The molecule has 172 valence electrons. The van der Waals surface area contributed by atoms with E-state index in [0.29, 0.717) is 29.4 Å². The van der Waals surface area contributed by atoms with Gasteiger partial charge in [0.1, 0.15) is 23.9 Å². The van der Waals surface area contributed by atoms with Crippen LogP contribution in [0.25, 0.3) is 17.0 Å². The molecule has 34 heavy (non-hydrogen) atoms. The van der Waals surface area contributed by atoms with E-state index in [0.717, 1.165) is 39.9 Å². The number of Topliss-reactive ketones (excluding diaryl/α,β-unsaturated/α-hetero) is 1. The molecule has 5 heteroatoms. The topological polar surface area (TPSA) is 49.7 Å². The number of allylic oxidation sites excluding steroid dienone is 1. The molecule has 1 aliphatic heterocycles. The molecule has 5 nitrogen and oxygen atoms in total. The minimum atomic E-state index is -0.122. The van der Waals surface area contributed by atoms with Crippen LogP contribution in [0, 0.1) is 13.8 Å². The summed E-state index contributed by atoms with van der Waals surface area (Å²) in [5.41, 5.74) is 5.68. The largest absolute Gasteiger partial charge is 0.497 e. The Labute approximate surface area is 199 Å². The summed E-state index contributed by atoms with van der Waals surface area (Å²) in [5.74, 6) is 2.24. The second kappa shape index (κ2) is 8.75. The first-order valence-corrected chi connectivity index (χ1v) is 11.4. The third kappa shape index (κ3) is 3.83. The lowest BCUT2D eigenvalue weighted by atomic mass is 10.1. The van der Waals surface area contributed by atoms with Crippen molar-refractivity contribution >= 4 is 22.8 Å². The van der Waals surface area contributed by atoms with Gasteiger partial charge in [0.15, 0.2) is 5.76 Å². The SMILES string of the molecule is CCn1cc(C=C2Oc3c(ccc(OCc4ccc(C)cc4)c3C)C2=O)c2cc(OC)ccc21. The van der Waals surface area contributed by atoms with Crippen LogP contribution >= 0.6 is 0 Å². The predicted molar refractivity (Wildman–Crippen MR) is 134 cm³/mol. The van der Waals surface area contributed by atoms with Gasteiger partial charge in [-0.15, -0.1) is 0 Å². The molecule has 0 amide bonds. The van der Waals surface area contributed by atoms with Crippen LogP contribution in [-0.2, 0) is 13.2 Å². The monoisotopic (exact) mass is 453 g/mol. The molecule has 0 bridgehead atoms. The zero-order chi connectivity index (χ0) is 23.8. The normalized spacial score (nSPS) is 13.9. The fourth-order valence-corrected chi connectivity index (χ4v) is 4.32. The van der Waals surface area contributed by atoms with E-state index in [9.17, 15) is 4.79 Å². The van der Waals surface area contributed by atoms with Gasteiger partial charge in [-0.25, -0.2) is 0 Å². The fourth-order valence-electron chi connectivity index (χ4n) is 4.32. The Bertz CT molecular complexity index is 1430. The molecule has 3 aromatic carbocycles. The lowest BCUT2D eigenvalue weighted by molar-refractivity contribution is 0.101. The summed E-state index contributed by atoms with van der Waals surface area (Å²) in [5, 5.41) is 1.01. The molecular formula is C29H27NO4. The number of methoxy groups -OCH3 is 1. The number of fused-ring (bicyclic) bond motifs is 2. The fraction of sp³-hybridized carbons (Fsp3) is 0.207. The van der Waals surface area contributed by atoms with Crippen LogP contribution in [0.15, 0.2) is 66.6 Å². The van der Waals surface area contributed by atoms with E-state index in [1.54, 1.807) is 13.2 Å². The van der Waals surface area contributed by atoms with E-state index in [2.05, 4.69) is 42.7 Å². The van der Waals surface area contributed by atoms with Crippen LogP contribution in [0.1, 0.15) is 39.5 Å². The zero-order valence-electron chi connectivity index (χ0n) is 19.8. The van der Waals surface area contributed by atoms with Crippen molar-refractivity contribution in [2.24, 2.45) is 0 Å². The molecule has 5 rings (SSSR count). The second-order valence-corrected chi connectivity index (χ2v) is 8.53. The van der Waals surface area contributed by atoms with E-state index in [-0.39, 0.29) is 5.78 Å². The van der Waals surface area contributed by atoms with E-state index in [1.165, 1.54) is 5.56 Å². The molecular weight excluding hydrogens is 426 g/mol. The number of hydrogen-bond donors (Lipinski definition) is 0. The van der Waals surface area contributed by atoms with E-state index >= 15 is 0 Å². The highest BCUT2D eigenvalue weighted by Gasteiger charge is 2.30. The second-order valence-electron chi connectivity index (χ2n) is 8.53. The molecule has 0 aliphatic carbocycles. The summed E-state index contributed by atoms with van der Waals surface area (Å²) < 4.78 is 19.7. The van der Waals surface area contributed by atoms with Crippen LogP contribution in [0.2, 0.25) is 0 Å². The summed E-state index contributed by atoms with van der Waals surface area (Å²) in [6, 6.07) is 17.8. The van der Waals surface area contributed by atoms with Gasteiger partial charge in [-0.1, -0.05) is 29.8 Å². The van der Waals surface area contributed by atoms with Crippen molar-refractivity contribution in [3.63, 3.8) is 0 Å². The summed E-state index contributed by atoms with van der Waals surface area (Å²) in [7, 11) is 1.65. The highest BCUT2D eigenvalue weighted by Crippen LogP contribution is 2.40. The summed E-state index contributed by atoms with van der Waals surface area (Å²) >= 11 is 0. The van der Waals surface area contributed by atoms with Gasteiger partial charge in [-0.05, 0) is 62.7 Å². The number of rotatable bonds is 6. The molecule has 0 atom stereocenters. The maximum Gasteiger partial charge on any atom is 0.231 e. The number of nitrogens with zero attached hydrogens (tertiary/aromatic N) is 1.